The number of ether oxygens (including phenoxy) is 1. The van der Waals surface area contributed by atoms with Crippen LogP contribution < -0.4 is 10.1 Å². The van der Waals surface area contributed by atoms with Crippen LogP contribution in [-0.4, -0.2) is 33.4 Å². The topological polar surface area (TPSA) is 88.7 Å². The number of hydrogen-bond acceptors (Lipinski definition) is 6. The van der Waals surface area contributed by atoms with Crippen molar-refractivity contribution in [3.05, 3.63) is 29.8 Å². The van der Waals surface area contributed by atoms with Gasteiger partial charge in [0.05, 0.1) is 25.0 Å². The Labute approximate surface area is 141 Å². The maximum absolute atomic E-state index is 8.71. The molecule has 24 heavy (non-hydrogen) atoms. The summed E-state index contributed by atoms with van der Waals surface area (Å²) in [6.07, 6.45) is 4.21. The number of nitrogens with one attached hydrogen (secondary N) is 1. The van der Waals surface area contributed by atoms with Crippen LogP contribution in [0.5, 0.6) is 5.88 Å². The fraction of sp³-hybridized carbons (Fsp3) is 0.529. The number of pyridine rings is 1. The lowest BCUT2D eigenvalue weighted by atomic mass is 9.58. The normalized spacial score (nSPS) is 22.5. The minimum absolute atomic E-state index is 0.160. The van der Waals surface area contributed by atoms with Crippen molar-refractivity contribution in [3.63, 3.8) is 0 Å². The van der Waals surface area contributed by atoms with E-state index in [-0.39, 0.29) is 5.41 Å². The molecule has 0 saturated heterocycles. The Bertz CT molecular complexity index is 757. The molecule has 0 bridgehead atoms. The summed E-state index contributed by atoms with van der Waals surface area (Å²) in [5, 5.41) is 20.3. The molecule has 1 aliphatic rings. The Morgan fingerprint density at radius 3 is 2.83 bits per heavy atom. The predicted octanol–water partition coefficient (Wildman–Crippen LogP) is 2.26. The molecule has 0 aromatic carbocycles. The molecule has 0 unspecified atom stereocenters. The fourth-order valence-corrected chi connectivity index (χ4v) is 3.62. The van der Waals surface area contributed by atoms with Gasteiger partial charge in [-0.25, -0.2) is 0 Å². The van der Waals surface area contributed by atoms with Crippen LogP contribution >= 0.6 is 0 Å². The lowest BCUT2D eigenvalue weighted by Gasteiger charge is -2.46. The molecular weight excluding hydrogens is 304 g/mol. The molecule has 1 saturated carbocycles. The molecule has 126 valence electrons. The summed E-state index contributed by atoms with van der Waals surface area (Å²) in [6, 6.07) is 6.15. The molecule has 7 nitrogen and oxygen atoms in total. The molecule has 0 atom stereocenters. The van der Waals surface area contributed by atoms with E-state index in [2.05, 4.69) is 33.5 Å². The molecule has 2 aromatic heterocycles. The zero-order valence-corrected chi connectivity index (χ0v) is 14.3. The third-order valence-corrected chi connectivity index (χ3v) is 4.64. The molecule has 0 amide bonds. The van der Waals surface area contributed by atoms with E-state index in [1.54, 1.807) is 13.4 Å². The van der Waals surface area contributed by atoms with Crippen LogP contribution in [0.1, 0.15) is 37.6 Å². The third-order valence-electron chi connectivity index (χ3n) is 4.64. The molecule has 7 heteroatoms. The smallest absolute Gasteiger partial charge is 0.215 e. The number of nitrogens with zero attached hydrogens (tertiary/aromatic N) is 5. The molecule has 0 aliphatic heterocycles. The summed E-state index contributed by atoms with van der Waals surface area (Å²) in [6.45, 7) is 2.81. The Balaban J connectivity index is 2.01. The van der Waals surface area contributed by atoms with E-state index in [1.807, 2.05) is 23.7 Å². The third kappa shape index (κ3) is 2.80. The monoisotopic (exact) mass is 326 g/mol. The average Bonchev–Trinajstić information content (AvgIpc) is 2.98. The number of hydrogen-bond donors (Lipinski definition) is 1. The maximum atomic E-state index is 8.71. The van der Waals surface area contributed by atoms with Crippen molar-refractivity contribution in [2.45, 2.75) is 31.6 Å². The highest BCUT2D eigenvalue weighted by molar-refractivity contribution is 5.48. The quantitative estimate of drug-likeness (QED) is 0.819. The minimum atomic E-state index is -0.160. The first-order chi connectivity index (χ1) is 11.6. The van der Waals surface area contributed by atoms with E-state index in [1.165, 1.54) is 0 Å². The zero-order chi connectivity index (χ0) is 17.2. The van der Waals surface area contributed by atoms with Crippen molar-refractivity contribution in [2.75, 3.05) is 19.0 Å². The number of nitriles is 1. The fourth-order valence-electron chi connectivity index (χ4n) is 3.62. The first kappa shape index (κ1) is 16.2. The van der Waals surface area contributed by atoms with Gasteiger partial charge in [0.15, 0.2) is 0 Å². The van der Waals surface area contributed by atoms with Crippen LogP contribution in [0.25, 0.3) is 0 Å². The lowest BCUT2D eigenvalue weighted by Crippen LogP contribution is -2.43. The molecule has 1 fully saturated rings. The number of aromatic nitrogens is 4. The Morgan fingerprint density at radius 1 is 1.46 bits per heavy atom. The van der Waals surface area contributed by atoms with Crippen LogP contribution in [0.15, 0.2) is 18.5 Å². The molecule has 0 spiro atoms. The number of rotatable bonds is 6. The van der Waals surface area contributed by atoms with Gasteiger partial charge >= 0.3 is 0 Å². The minimum Gasteiger partial charge on any atom is -0.481 e. The van der Waals surface area contributed by atoms with Crippen molar-refractivity contribution in [1.82, 2.24) is 19.7 Å². The molecule has 1 aliphatic carbocycles. The van der Waals surface area contributed by atoms with Crippen molar-refractivity contribution in [1.29, 1.82) is 5.26 Å². The Hall–Kier alpha value is -2.62. The van der Waals surface area contributed by atoms with Gasteiger partial charge in [0.1, 0.15) is 18.0 Å². The molecule has 3 rings (SSSR count). The van der Waals surface area contributed by atoms with Gasteiger partial charge in [0.25, 0.3) is 0 Å². The largest absolute Gasteiger partial charge is 0.481 e. The van der Waals surface area contributed by atoms with Gasteiger partial charge in [0.2, 0.25) is 5.88 Å². The molecule has 2 heterocycles. The lowest BCUT2D eigenvalue weighted by molar-refractivity contribution is 0.184. The van der Waals surface area contributed by atoms with E-state index in [0.29, 0.717) is 24.8 Å². The van der Waals surface area contributed by atoms with Crippen LogP contribution in [0.4, 0.5) is 5.82 Å². The number of methoxy groups -OCH3 is 1. The van der Waals surface area contributed by atoms with E-state index in [0.717, 1.165) is 30.0 Å². The maximum Gasteiger partial charge on any atom is 0.215 e. The molecule has 2 aromatic rings. The van der Waals surface area contributed by atoms with E-state index < -0.39 is 0 Å². The predicted molar refractivity (Wildman–Crippen MR) is 89.7 cm³/mol. The van der Waals surface area contributed by atoms with Crippen molar-refractivity contribution >= 4 is 5.82 Å². The molecular formula is C17H22N6O. The highest BCUT2D eigenvalue weighted by atomic mass is 16.5. The van der Waals surface area contributed by atoms with Crippen LogP contribution in [0.2, 0.25) is 0 Å². The van der Waals surface area contributed by atoms with Crippen LogP contribution in [0, 0.1) is 17.2 Å². The average molecular weight is 326 g/mol. The van der Waals surface area contributed by atoms with Crippen molar-refractivity contribution < 1.29 is 4.74 Å². The summed E-state index contributed by atoms with van der Waals surface area (Å²) in [4.78, 5) is 4.43. The molecule has 1 N–H and O–H groups in total. The van der Waals surface area contributed by atoms with Crippen LogP contribution in [0.3, 0.4) is 0 Å². The SMILES string of the molecule is COc1cc(C2(c3nncn3C)CC(C)C2)cc(NCCC#N)n1. The number of anilines is 1. The van der Waals surface area contributed by atoms with Crippen molar-refractivity contribution in [2.24, 2.45) is 13.0 Å². The van der Waals surface area contributed by atoms with Crippen LogP contribution in [-0.2, 0) is 12.5 Å². The van der Waals surface area contributed by atoms with E-state index in [9.17, 15) is 0 Å². The van der Waals surface area contributed by atoms with Gasteiger partial charge in [-0.3, -0.25) is 0 Å². The summed E-state index contributed by atoms with van der Waals surface area (Å²) in [5.41, 5.74) is 0.968. The van der Waals surface area contributed by atoms with Gasteiger partial charge in [-0.05, 0) is 30.4 Å². The van der Waals surface area contributed by atoms with E-state index in [4.69, 9.17) is 10.00 Å². The molecule has 0 radical (unpaired) electrons. The highest BCUT2D eigenvalue weighted by Gasteiger charge is 2.48. The summed E-state index contributed by atoms with van der Waals surface area (Å²) < 4.78 is 7.37. The second kappa shape index (κ2) is 6.48. The highest BCUT2D eigenvalue weighted by Crippen LogP contribution is 2.52. The second-order valence-corrected chi connectivity index (χ2v) is 6.48. The number of aryl methyl sites for hydroxylation is 1. The summed E-state index contributed by atoms with van der Waals surface area (Å²) in [5.74, 6) is 2.89. The summed E-state index contributed by atoms with van der Waals surface area (Å²) >= 11 is 0. The van der Waals surface area contributed by atoms with Gasteiger partial charge in [-0.15, -0.1) is 10.2 Å². The van der Waals surface area contributed by atoms with Gasteiger partial charge in [0, 0.05) is 19.7 Å². The first-order valence-corrected chi connectivity index (χ1v) is 8.11. The first-order valence-electron chi connectivity index (χ1n) is 8.11. The Kier molecular flexibility index (Phi) is 4.38. The summed E-state index contributed by atoms with van der Waals surface area (Å²) in [7, 11) is 3.59. The van der Waals surface area contributed by atoms with Gasteiger partial charge in [-0.2, -0.15) is 10.2 Å². The van der Waals surface area contributed by atoms with Gasteiger partial charge in [-0.1, -0.05) is 6.92 Å². The Morgan fingerprint density at radius 2 is 2.25 bits per heavy atom. The standard InChI is InChI=1S/C17H22N6O/c1-12-9-17(10-12,16-22-20-11-23(16)2)13-7-14(19-6-4-5-18)21-15(8-13)24-3/h7-8,11-12H,4,6,9-10H2,1-3H3,(H,19,21). The van der Waals surface area contributed by atoms with E-state index >= 15 is 0 Å². The second-order valence-electron chi connectivity index (χ2n) is 6.48. The zero-order valence-electron chi connectivity index (χ0n) is 14.3. The van der Waals surface area contributed by atoms with Crippen molar-refractivity contribution in [3.8, 4) is 11.9 Å². The van der Waals surface area contributed by atoms with Gasteiger partial charge < -0.3 is 14.6 Å².